The lowest BCUT2D eigenvalue weighted by molar-refractivity contribution is -0.889. The van der Waals surface area contributed by atoms with Crippen LogP contribution in [0.3, 0.4) is 0 Å². The average molecular weight is 744 g/mol. The Morgan fingerprint density at radius 1 is 0.566 bits per heavy atom. The molecule has 0 saturated carbocycles. The predicted molar refractivity (Wildman–Crippen MR) is 217 cm³/mol. The third kappa shape index (κ3) is 34.5. The number of ether oxygens (including phenoxy) is 3. The van der Waals surface area contributed by atoms with Crippen molar-refractivity contribution in [2.45, 2.75) is 167 Å². The zero-order chi connectivity index (χ0) is 39.3. The summed E-state index contributed by atoms with van der Waals surface area (Å²) in [6.45, 7) is 4.50. The van der Waals surface area contributed by atoms with Crippen molar-refractivity contribution in [3.63, 3.8) is 0 Å². The summed E-state index contributed by atoms with van der Waals surface area (Å²) in [5, 5.41) is 11.6. The van der Waals surface area contributed by atoms with Crippen LogP contribution in [-0.2, 0) is 28.6 Å². The molecule has 2 unspecified atom stereocenters. The van der Waals surface area contributed by atoms with Crippen LogP contribution < -0.4 is 5.11 Å². The zero-order valence-electron chi connectivity index (χ0n) is 34.4. The molecule has 2 atom stereocenters. The Balaban J connectivity index is 4.32. The highest BCUT2D eigenvalue weighted by molar-refractivity contribution is 5.70. The van der Waals surface area contributed by atoms with Crippen LogP contribution in [0.25, 0.3) is 0 Å². The fourth-order valence-electron chi connectivity index (χ4n) is 5.60. The molecule has 0 spiro atoms. The van der Waals surface area contributed by atoms with Crippen LogP contribution in [0.1, 0.15) is 155 Å². The number of aliphatic carboxylic acids is 1. The SMILES string of the molecule is CCCCC/C=C/C/C=C/C/C=C/C/C=C/CCCCCCCC(=O)OCC(COCCC(C(=O)[O-])[N+](C)(C)C)OC(=O)CC/C=C/CCCCCC. The molecule has 0 fully saturated rings. The van der Waals surface area contributed by atoms with Gasteiger partial charge < -0.3 is 28.6 Å². The van der Waals surface area contributed by atoms with E-state index in [4.69, 9.17) is 14.2 Å². The molecule has 53 heavy (non-hydrogen) atoms. The first-order chi connectivity index (χ1) is 25.6. The summed E-state index contributed by atoms with van der Waals surface area (Å²) in [6, 6.07) is -0.734. The minimum absolute atomic E-state index is 0.0165. The lowest BCUT2D eigenvalue weighted by atomic mass is 10.1. The van der Waals surface area contributed by atoms with Gasteiger partial charge in [0.25, 0.3) is 0 Å². The molecule has 0 heterocycles. The maximum absolute atomic E-state index is 12.6. The van der Waals surface area contributed by atoms with Crippen LogP contribution in [0.4, 0.5) is 0 Å². The molecule has 304 valence electrons. The van der Waals surface area contributed by atoms with Crippen molar-refractivity contribution < 1.29 is 38.2 Å². The topological polar surface area (TPSA) is 102 Å². The van der Waals surface area contributed by atoms with Crippen LogP contribution in [0.15, 0.2) is 60.8 Å². The van der Waals surface area contributed by atoms with Crippen molar-refractivity contribution in [2.75, 3.05) is 41.0 Å². The number of allylic oxidation sites excluding steroid dienone is 10. The lowest BCUT2D eigenvalue weighted by Gasteiger charge is -2.34. The Bertz CT molecular complexity index is 1050. The van der Waals surface area contributed by atoms with Gasteiger partial charge in [-0.3, -0.25) is 9.59 Å². The maximum Gasteiger partial charge on any atom is 0.306 e. The molecule has 0 N–H and O–H groups in total. The van der Waals surface area contributed by atoms with Crippen LogP contribution in [0, 0.1) is 0 Å². The summed E-state index contributed by atoms with van der Waals surface area (Å²) in [7, 11) is 5.37. The highest BCUT2D eigenvalue weighted by atomic mass is 16.6. The second-order valence-electron chi connectivity index (χ2n) is 14.9. The summed E-state index contributed by atoms with van der Waals surface area (Å²) >= 11 is 0. The Morgan fingerprint density at radius 2 is 1.04 bits per heavy atom. The quantitative estimate of drug-likeness (QED) is 0.0273. The first kappa shape index (κ1) is 50.0. The summed E-state index contributed by atoms with van der Waals surface area (Å²) in [6.07, 6.45) is 42.7. The molecular weight excluding hydrogens is 666 g/mol. The van der Waals surface area contributed by atoms with Gasteiger partial charge in [-0.2, -0.15) is 0 Å². The minimum Gasteiger partial charge on any atom is -0.544 e. The molecular formula is C45H77NO7. The second kappa shape index (κ2) is 36.0. The van der Waals surface area contributed by atoms with Crippen LogP contribution in [0.2, 0.25) is 0 Å². The van der Waals surface area contributed by atoms with E-state index in [9.17, 15) is 19.5 Å². The third-order valence-electron chi connectivity index (χ3n) is 8.89. The van der Waals surface area contributed by atoms with E-state index in [0.717, 1.165) is 70.6 Å². The molecule has 0 aromatic heterocycles. The van der Waals surface area contributed by atoms with Crippen molar-refractivity contribution in [1.29, 1.82) is 0 Å². The van der Waals surface area contributed by atoms with E-state index in [-0.39, 0.29) is 49.1 Å². The molecule has 0 aliphatic carbocycles. The third-order valence-corrected chi connectivity index (χ3v) is 8.89. The Hall–Kier alpha value is -2.97. The molecule has 0 rings (SSSR count). The fourth-order valence-corrected chi connectivity index (χ4v) is 5.60. The van der Waals surface area contributed by atoms with Crippen LogP contribution in [-0.4, -0.2) is 75.5 Å². The predicted octanol–water partition coefficient (Wildman–Crippen LogP) is 9.69. The number of carbonyl (C=O) groups excluding carboxylic acids is 3. The number of hydrogen-bond acceptors (Lipinski definition) is 7. The molecule has 0 aromatic carbocycles. The Morgan fingerprint density at radius 3 is 1.60 bits per heavy atom. The molecule has 0 aliphatic rings. The highest BCUT2D eigenvalue weighted by Gasteiger charge is 2.25. The molecule has 8 heteroatoms. The van der Waals surface area contributed by atoms with Gasteiger partial charge in [0, 0.05) is 19.3 Å². The van der Waals surface area contributed by atoms with E-state index in [1.54, 1.807) is 21.1 Å². The first-order valence-electron chi connectivity index (χ1n) is 20.8. The normalized spacial score (nSPS) is 13.6. The van der Waals surface area contributed by atoms with E-state index in [1.165, 1.54) is 44.9 Å². The van der Waals surface area contributed by atoms with Crippen molar-refractivity contribution in [2.24, 2.45) is 0 Å². The molecule has 0 aromatic rings. The Labute approximate surface area is 324 Å². The summed E-state index contributed by atoms with van der Waals surface area (Å²) in [5.41, 5.74) is 0. The molecule has 0 saturated heterocycles. The number of carboxylic acids is 1. The average Bonchev–Trinajstić information content (AvgIpc) is 3.11. The second-order valence-corrected chi connectivity index (χ2v) is 14.9. The summed E-state index contributed by atoms with van der Waals surface area (Å²) in [4.78, 5) is 36.6. The number of esters is 2. The van der Waals surface area contributed by atoms with Gasteiger partial charge in [0.2, 0.25) is 0 Å². The molecule has 8 nitrogen and oxygen atoms in total. The van der Waals surface area contributed by atoms with Crippen LogP contribution >= 0.6 is 0 Å². The van der Waals surface area contributed by atoms with E-state index < -0.39 is 18.1 Å². The van der Waals surface area contributed by atoms with Gasteiger partial charge in [-0.1, -0.05) is 126 Å². The van der Waals surface area contributed by atoms with Crippen molar-refractivity contribution in [3.05, 3.63) is 60.8 Å². The smallest absolute Gasteiger partial charge is 0.306 e. The fraction of sp³-hybridized carbons (Fsp3) is 0.711. The van der Waals surface area contributed by atoms with E-state index in [0.29, 0.717) is 12.8 Å². The monoisotopic (exact) mass is 744 g/mol. The molecule has 0 amide bonds. The minimum atomic E-state index is -1.14. The highest BCUT2D eigenvalue weighted by Crippen LogP contribution is 2.11. The number of likely N-dealkylation sites (N-methyl/N-ethyl adjacent to an activating group) is 1. The van der Waals surface area contributed by atoms with Gasteiger partial charge in [-0.05, 0) is 70.6 Å². The number of nitrogens with zero attached hydrogens (tertiary/aromatic N) is 1. The summed E-state index contributed by atoms with van der Waals surface area (Å²) < 4.78 is 17.0. The maximum atomic E-state index is 12.6. The number of unbranched alkanes of at least 4 members (excludes halogenated alkanes) is 12. The number of carbonyl (C=O) groups is 3. The number of rotatable bonds is 36. The van der Waals surface area contributed by atoms with E-state index in [1.807, 2.05) is 6.08 Å². The van der Waals surface area contributed by atoms with Gasteiger partial charge in [-0.15, -0.1) is 0 Å². The van der Waals surface area contributed by atoms with Gasteiger partial charge in [0.15, 0.2) is 6.10 Å². The summed E-state index contributed by atoms with van der Waals surface area (Å²) in [5.74, 6) is -1.83. The first-order valence-corrected chi connectivity index (χ1v) is 20.8. The molecule has 0 bridgehead atoms. The zero-order valence-corrected chi connectivity index (χ0v) is 34.4. The van der Waals surface area contributed by atoms with Gasteiger partial charge in [0.05, 0.1) is 40.3 Å². The Kier molecular flexibility index (Phi) is 34.0. The van der Waals surface area contributed by atoms with Crippen molar-refractivity contribution in [1.82, 2.24) is 0 Å². The lowest BCUT2D eigenvalue weighted by Crippen LogP contribution is -2.55. The number of quaternary nitrogens is 1. The standard InChI is InChI=1S/C45H77NO7/c1-6-8-10-12-14-16-17-18-19-20-21-22-23-24-25-26-27-28-30-31-33-35-43(47)52-40-41(39-51-38-37-42(45(49)50)46(3,4)5)53-44(48)36-34-32-29-15-13-11-9-7-2/h14,16,18-19,21-22,24-25,29,32,41-42H,6-13,15,17,20,23,26-28,30-31,33-40H2,1-5H3/b16-14+,19-18+,22-21+,25-24+,32-29+. The van der Waals surface area contributed by atoms with Crippen molar-refractivity contribution in [3.8, 4) is 0 Å². The van der Waals surface area contributed by atoms with E-state index in [2.05, 4.69) is 68.5 Å². The molecule has 0 aliphatic heterocycles. The largest absolute Gasteiger partial charge is 0.544 e. The number of carboxylic acid groups (broad SMARTS) is 1. The van der Waals surface area contributed by atoms with Gasteiger partial charge in [0.1, 0.15) is 12.6 Å². The number of hydrogen-bond donors (Lipinski definition) is 0. The van der Waals surface area contributed by atoms with Crippen molar-refractivity contribution >= 4 is 17.9 Å². The molecule has 0 radical (unpaired) electrons. The van der Waals surface area contributed by atoms with Gasteiger partial charge >= 0.3 is 11.9 Å². The van der Waals surface area contributed by atoms with Gasteiger partial charge in [-0.25, -0.2) is 0 Å². The van der Waals surface area contributed by atoms with Crippen LogP contribution in [0.5, 0.6) is 0 Å². The van der Waals surface area contributed by atoms with E-state index >= 15 is 0 Å².